The molecule has 0 aliphatic rings. The zero-order valence-electron chi connectivity index (χ0n) is 7.74. The van der Waals surface area contributed by atoms with Crippen LogP contribution >= 0.6 is 0 Å². The van der Waals surface area contributed by atoms with Gasteiger partial charge >= 0.3 is 0 Å². The van der Waals surface area contributed by atoms with E-state index in [0.29, 0.717) is 0 Å². The molecule has 1 rings (SSSR count). The van der Waals surface area contributed by atoms with E-state index in [9.17, 15) is 0 Å². The van der Waals surface area contributed by atoms with Crippen LogP contribution in [0, 0.1) is 5.41 Å². The summed E-state index contributed by atoms with van der Waals surface area (Å²) in [5.41, 5.74) is 1.52. The number of oxime groups is 1. The molecule has 0 amide bonds. The van der Waals surface area contributed by atoms with E-state index in [-0.39, 0.29) is 5.90 Å². The molecule has 0 fully saturated rings. The van der Waals surface area contributed by atoms with E-state index in [1.165, 1.54) is 0 Å². The molecular formula is C10H12N2O. The van der Waals surface area contributed by atoms with Gasteiger partial charge in [-0.3, -0.25) is 5.41 Å². The average molecular weight is 176 g/mol. The predicted molar refractivity (Wildman–Crippen MR) is 53.1 cm³/mol. The molecule has 0 aliphatic heterocycles. The zero-order valence-corrected chi connectivity index (χ0v) is 7.74. The Morgan fingerprint density at radius 2 is 1.85 bits per heavy atom. The first-order chi connectivity index (χ1) is 6.20. The molecule has 68 valence electrons. The Kier molecular flexibility index (Phi) is 3.20. The maximum absolute atomic E-state index is 7.49. The maximum atomic E-state index is 7.49. The van der Waals surface area contributed by atoms with Gasteiger partial charge in [-0.2, -0.15) is 0 Å². The Hall–Kier alpha value is -1.64. The van der Waals surface area contributed by atoms with Gasteiger partial charge in [-0.15, -0.1) is 0 Å². The average Bonchev–Trinajstić information content (AvgIpc) is 2.15. The lowest BCUT2D eigenvalue weighted by Gasteiger charge is -2.00. The number of nitrogens with zero attached hydrogens (tertiary/aromatic N) is 1. The van der Waals surface area contributed by atoms with E-state index in [1.54, 1.807) is 0 Å². The van der Waals surface area contributed by atoms with Crippen LogP contribution in [0.2, 0.25) is 0 Å². The number of nitrogens with one attached hydrogen (secondary N) is 1. The molecule has 1 aromatic carbocycles. The Morgan fingerprint density at radius 1 is 1.23 bits per heavy atom. The van der Waals surface area contributed by atoms with Gasteiger partial charge in [0.25, 0.3) is 0 Å². The number of hydrogen-bond acceptors (Lipinski definition) is 3. The highest BCUT2D eigenvalue weighted by Gasteiger charge is 1.99. The molecular weight excluding hydrogens is 164 g/mol. The van der Waals surface area contributed by atoms with E-state index in [0.717, 1.165) is 11.3 Å². The standard InChI is InChI=1S/C10H12N2O/c1-8(2)12-13-10(11)9-6-4-3-5-7-9/h3-7,11H,1-2H3. The molecule has 0 spiro atoms. The quantitative estimate of drug-likeness (QED) is 0.420. The van der Waals surface area contributed by atoms with Crippen LogP contribution in [0.1, 0.15) is 19.4 Å². The van der Waals surface area contributed by atoms with E-state index >= 15 is 0 Å². The third-order valence-electron chi connectivity index (χ3n) is 1.36. The fourth-order valence-electron chi connectivity index (χ4n) is 0.779. The molecule has 0 bridgehead atoms. The van der Waals surface area contributed by atoms with Gasteiger partial charge in [-0.1, -0.05) is 23.4 Å². The molecule has 1 N–H and O–H groups in total. The minimum Gasteiger partial charge on any atom is -0.337 e. The topological polar surface area (TPSA) is 45.4 Å². The summed E-state index contributed by atoms with van der Waals surface area (Å²) in [5, 5.41) is 11.2. The molecule has 0 heterocycles. The molecule has 0 unspecified atom stereocenters. The lowest BCUT2D eigenvalue weighted by molar-refractivity contribution is 0.325. The lowest BCUT2D eigenvalue weighted by Crippen LogP contribution is -2.01. The summed E-state index contributed by atoms with van der Waals surface area (Å²) in [4.78, 5) is 4.86. The van der Waals surface area contributed by atoms with Crippen molar-refractivity contribution in [2.75, 3.05) is 0 Å². The van der Waals surface area contributed by atoms with Gasteiger partial charge in [0.1, 0.15) is 0 Å². The SMILES string of the molecule is CC(C)=NOC(=N)c1ccccc1. The summed E-state index contributed by atoms with van der Waals surface area (Å²) in [5.74, 6) is 0.0711. The van der Waals surface area contributed by atoms with Gasteiger partial charge in [0.2, 0.25) is 5.90 Å². The van der Waals surface area contributed by atoms with Crippen LogP contribution in [-0.2, 0) is 4.84 Å². The highest BCUT2D eigenvalue weighted by Crippen LogP contribution is 2.00. The fraction of sp³-hybridized carbons (Fsp3) is 0.200. The van der Waals surface area contributed by atoms with E-state index in [2.05, 4.69) is 5.16 Å². The van der Waals surface area contributed by atoms with Gasteiger partial charge < -0.3 is 4.84 Å². The highest BCUT2D eigenvalue weighted by molar-refractivity contribution is 5.92. The third-order valence-corrected chi connectivity index (χ3v) is 1.36. The molecule has 0 radical (unpaired) electrons. The van der Waals surface area contributed by atoms with Crippen molar-refractivity contribution in [2.45, 2.75) is 13.8 Å². The van der Waals surface area contributed by atoms with Crippen LogP contribution in [0.5, 0.6) is 0 Å². The number of rotatable bonds is 2. The normalized spacial score (nSPS) is 9.08. The maximum Gasteiger partial charge on any atom is 0.248 e. The predicted octanol–water partition coefficient (Wildman–Crippen LogP) is 2.42. The van der Waals surface area contributed by atoms with E-state index in [4.69, 9.17) is 10.2 Å². The number of benzene rings is 1. The van der Waals surface area contributed by atoms with E-state index < -0.39 is 0 Å². The molecule has 3 nitrogen and oxygen atoms in total. The molecule has 0 saturated carbocycles. The van der Waals surface area contributed by atoms with Crippen LogP contribution in [0.3, 0.4) is 0 Å². The van der Waals surface area contributed by atoms with Crippen molar-refractivity contribution in [3.63, 3.8) is 0 Å². The molecule has 0 aliphatic carbocycles. The monoisotopic (exact) mass is 176 g/mol. The smallest absolute Gasteiger partial charge is 0.248 e. The Morgan fingerprint density at radius 3 is 2.38 bits per heavy atom. The van der Waals surface area contributed by atoms with Crippen molar-refractivity contribution < 1.29 is 4.84 Å². The van der Waals surface area contributed by atoms with Crippen molar-refractivity contribution in [1.82, 2.24) is 0 Å². The Balaban J connectivity index is 2.65. The summed E-state index contributed by atoms with van der Waals surface area (Å²) < 4.78 is 0. The van der Waals surface area contributed by atoms with Crippen molar-refractivity contribution in [3.05, 3.63) is 35.9 Å². The van der Waals surface area contributed by atoms with Gasteiger partial charge in [0.05, 0.1) is 5.71 Å². The molecule has 0 atom stereocenters. The largest absolute Gasteiger partial charge is 0.337 e. The molecule has 13 heavy (non-hydrogen) atoms. The van der Waals surface area contributed by atoms with Gasteiger partial charge in [-0.25, -0.2) is 0 Å². The Labute approximate surface area is 77.5 Å². The fourth-order valence-corrected chi connectivity index (χ4v) is 0.779. The van der Waals surface area contributed by atoms with Crippen LogP contribution < -0.4 is 0 Å². The van der Waals surface area contributed by atoms with Gasteiger partial charge in [0.15, 0.2) is 0 Å². The minimum atomic E-state index is 0.0711. The van der Waals surface area contributed by atoms with Crippen molar-refractivity contribution in [2.24, 2.45) is 5.16 Å². The molecule has 3 heteroatoms. The van der Waals surface area contributed by atoms with Crippen molar-refractivity contribution >= 4 is 11.6 Å². The molecule has 0 aromatic heterocycles. The first kappa shape index (κ1) is 9.45. The Bertz CT molecular complexity index is 313. The second-order valence-electron chi connectivity index (χ2n) is 2.82. The lowest BCUT2D eigenvalue weighted by atomic mass is 10.2. The van der Waals surface area contributed by atoms with Crippen molar-refractivity contribution in [1.29, 1.82) is 5.41 Å². The first-order valence-electron chi connectivity index (χ1n) is 4.02. The summed E-state index contributed by atoms with van der Waals surface area (Å²) in [6, 6.07) is 9.22. The number of hydrogen-bond donors (Lipinski definition) is 1. The van der Waals surface area contributed by atoms with Gasteiger partial charge in [0, 0.05) is 5.56 Å². The van der Waals surface area contributed by atoms with Crippen LogP contribution in [0.15, 0.2) is 35.5 Å². The molecule has 0 saturated heterocycles. The van der Waals surface area contributed by atoms with Crippen molar-refractivity contribution in [3.8, 4) is 0 Å². The zero-order chi connectivity index (χ0) is 9.68. The third kappa shape index (κ3) is 3.07. The summed E-state index contributed by atoms with van der Waals surface area (Å²) >= 11 is 0. The summed E-state index contributed by atoms with van der Waals surface area (Å²) in [6.07, 6.45) is 0. The van der Waals surface area contributed by atoms with E-state index in [1.807, 2.05) is 44.2 Å². The molecule has 1 aromatic rings. The second kappa shape index (κ2) is 4.40. The van der Waals surface area contributed by atoms with Gasteiger partial charge in [-0.05, 0) is 26.0 Å². The van der Waals surface area contributed by atoms with Crippen LogP contribution in [0.25, 0.3) is 0 Å². The van der Waals surface area contributed by atoms with Crippen LogP contribution in [0.4, 0.5) is 0 Å². The summed E-state index contributed by atoms with van der Waals surface area (Å²) in [7, 11) is 0. The first-order valence-corrected chi connectivity index (χ1v) is 4.02. The highest BCUT2D eigenvalue weighted by atomic mass is 16.6. The summed E-state index contributed by atoms with van der Waals surface area (Å²) in [6.45, 7) is 3.64. The minimum absolute atomic E-state index is 0.0711. The van der Waals surface area contributed by atoms with Crippen LogP contribution in [-0.4, -0.2) is 11.6 Å². The second-order valence-corrected chi connectivity index (χ2v) is 2.82.